The second-order valence-corrected chi connectivity index (χ2v) is 19.6. The molecule has 74 heavy (non-hydrogen) atoms. The molecule has 0 amide bonds. The number of hydrogen-bond acceptors (Lipinski definition) is 4. The molecule has 4 nitrogen and oxygen atoms in total. The minimum atomic E-state index is 0.665. The van der Waals surface area contributed by atoms with Crippen LogP contribution in [0, 0.1) is 0 Å². The summed E-state index contributed by atoms with van der Waals surface area (Å²) in [5.74, 6) is 0.665. The molecule has 0 spiro atoms. The summed E-state index contributed by atoms with van der Waals surface area (Å²) in [6.45, 7) is 0. The first kappa shape index (κ1) is 40.8. The summed E-state index contributed by atoms with van der Waals surface area (Å²) < 4.78 is 0. The first-order valence-electron chi connectivity index (χ1n) is 25.3. The number of fused-ring (bicyclic) bond motifs is 9. The predicted molar refractivity (Wildman–Crippen MR) is 307 cm³/mol. The van der Waals surface area contributed by atoms with Crippen molar-refractivity contribution < 1.29 is 0 Å². The van der Waals surface area contributed by atoms with E-state index in [4.69, 9.17) is 9.97 Å². The van der Waals surface area contributed by atoms with Gasteiger partial charge in [-0.15, -0.1) is 0 Å². The fraction of sp³-hybridized carbons (Fsp3) is 0. The van der Waals surface area contributed by atoms with Gasteiger partial charge in [-0.3, -0.25) is 9.97 Å². The lowest BCUT2D eigenvalue weighted by molar-refractivity contribution is 1.23. The maximum Gasteiger partial charge on any atom is 0.160 e. The highest BCUT2D eigenvalue weighted by molar-refractivity contribution is 6.22. The topological polar surface area (TPSA) is 51.6 Å². The van der Waals surface area contributed by atoms with Crippen molar-refractivity contribution in [1.29, 1.82) is 0 Å². The molecule has 0 saturated heterocycles. The summed E-state index contributed by atoms with van der Waals surface area (Å²) in [5.41, 5.74) is 24.9. The van der Waals surface area contributed by atoms with Crippen molar-refractivity contribution in [3.63, 3.8) is 0 Å². The first-order chi connectivity index (χ1) is 36.7. The van der Waals surface area contributed by atoms with Gasteiger partial charge in [0.1, 0.15) is 0 Å². The third-order valence-corrected chi connectivity index (χ3v) is 15.7. The van der Waals surface area contributed by atoms with Crippen LogP contribution in [0.3, 0.4) is 0 Å². The van der Waals surface area contributed by atoms with E-state index in [1.807, 2.05) is 24.5 Å². The van der Waals surface area contributed by atoms with Gasteiger partial charge in [0.25, 0.3) is 0 Å². The Balaban J connectivity index is 0.968. The van der Waals surface area contributed by atoms with Crippen molar-refractivity contribution in [3.05, 3.63) is 243 Å². The molecular formula is C70H40N4. The molecule has 3 heterocycles. The molecule has 0 fully saturated rings. The van der Waals surface area contributed by atoms with Crippen molar-refractivity contribution in [3.8, 4) is 112 Å². The van der Waals surface area contributed by atoms with Gasteiger partial charge >= 0.3 is 0 Å². The summed E-state index contributed by atoms with van der Waals surface area (Å²) in [5, 5.41) is 8.24. The van der Waals surface area contributed by atoms with E-state index in [1.165, 1.54) is 71.6 Å². The molecular weight excluding hydrogens is 897 g/mol. The molecule has 2 aliphatic rings. The molecule has 0 saturated carbocycles. The highest BCUT2D eigenvalue weighted by atomic mass is 14.9. The normalized spacial score (nSPS) is 12.1. The van der Waals surface area contributed by atoms with Crippen LogP contribution in [0.25, 0.3) is 166 Å². The summed E-state index contributed by atoms with van der Waals surface area (Å²) in [4.78, 5) is 20.7. The molecule has 2 aliphatic carbocycles. The Morgan fingerprint density at radius 2 is 0.649 bits per heavy atom. The van der Waals surface area contributed by atoms with Crippen molar-refractivity contribution >= 4 is 54.3 Å². The van der Waals surface area contributed by atoms with E-state index < -0.39 is 0 Å². The largest absolute Gasteiger partial charge is 0.256 e. The van der Waals surface area contributed by atoms with Gasteiger partial charge < -0.3 is 0 Å². The molecule has 4 heteroatoms. The lowest BCUT2D eigenvalue weighted by Gasteiger charge is -2.18. The summed E-state index contributed by atoms with van der Waals surface area (Å²) in [6.07, 6.45) is 3.79. The fourth-order valence-corrected chi connectivity index (χ4v) is 12.3. The zero-order valence-electron chi connectivity index (χ0n) is 39.9. The van der Waals surface area contributed by atoms with Crippen LogP contribution in [0.15, 0.2) is 243 Å². The van der Waals surface area contributed by atoms with Gasteiger partial charge in [0.05, 0.1) is 22.2 Å². The second-order valence-electron chi connectivity index (χ2n) is 19.6. The van der Waals surface area contributed by atoms with Gasteiger partial charge in [-0.25, -0.2) is 9.97 Å². The Kier molecular flexibility index (Phi) is 8.71. The average Bonchev–Trinajstić information content (AvgIpc) is 4.00. The van der Waals surface area contributed by atoms with Crippen LogP contribution in [0.1, 0.15) is 0 Å². The minimum absolute atomic E-state index is 0.665. The van der Waals surface area contributed by atoms with Crippen molar-refractivity contribution in [1.82, 2.24) is 19.9 Å². The highest BCUT2D eigenvalue weighted by Gasteiger charge is 2.27. The predicted octanol–water partition coefficient (Wildman–Crippen LogP) is 18.3. The Labute approximate surface area is 426 Å². The number of rotatable bonds is 6. The van der Waals surface area contributed by atoms with Crippen molar-refractivity contribution in [2.75, 3.05) is 0 Å². The number of nitrogens with zero attached hydrogens (tertiary/aromatic N) is 4. The van der Waals surface area contributed by atoms with Gasteiger partial charge in [-0.1, -0.05) is 194 Å². The Hall–Kier alpha value is -9.90. The zero-order valence-corrected chi connectivity index (χ0v) is 39.9. The molecule has 0 atom stereocenters. The van der Waals surface area contributed by atoms with E-state index in [2.05, 4.69) is 228 Å². The molecule has 0 unspecified atom stereocenters. The Morgan fingerprint density at radius 1 is 0.230 bits per heavy atom. The third-order valence-electron chi connectivity index (χ3n) is 15.7. The van der Waals surface area contributed by atoms with Crippen LogP contribution in [0.4, 0.5) is 0 Å². The smallest absolute Gasteiger partial charge is 0.160 e. The van der Waals surface area contributed by atoms with Gasteiger partial charge in [0.15, 0.2) is 5.82 Å². The Bertz CT molecular complexity index is 4640. The van der Waals surface area contributed by atoms with Gasteiger partial charge in [-0.2, -0.15) is 0 Å². The fourth-order valence-electron chi connectivity index (χ4n) is 12.3. The van der Waals surface area contributed by atoms with Crippen LogP contribution < -0.4 is 0 Å². The molecule has 0 bridgehead atoms. The lowest BCUT2D eigenvalue weighted by Crippen LogP contribution is -1.99. The quantitative estimate of drug-likeness (QED) is 0.167. The number of hydrogen-bond donors (Lipinski definition) is 0. The van der Waals surface area contributed by atoms with E-state index in [9.17, 15) is 0 Å². The molecule has 0 radical (unpaired) electrons. The number of benzene rings is 11. The molecule has 16 rings (SSSR count). The Morgan fingerprint density at radius 3 is 1.22 bits per heavy atom. The first-order valence-corrected chi connectivity index (χ1v) is 25.3. The van der Waals surface area contributed by atoms with E-state index in [0.717, 1.165) is 88.5 Å². The lowest BCUT2D eigenvalue weighted by atomic mass is 9.88. The number of para-hydroxylation sites is 2. The maximum absolute atomic E-state index is 5.70. The van der Waals surface area contributed by atoms with E-state index in [0.29, 0.717) is 5.82 Å². The second kappa shape index (κ2) is 15.8. The van der Waals surface area contributed by atoms with Gasteiger partial charge in [-0.05, 0) is 141 Å². The van der Waals surface area contributed by atoms with Gasteiger partial charge in [0, 0.05) is 45.2 Å². The van der Waals surface area contributed by atoms with E-state index >= 15 is 0 Å². The van der Waals surface area contributed by atoms with Crippen LogP contribution >= 0.6 is 0 Å². The third kappa shape index (κ3) is 6.03. The molecule has 0 aliphatic heterocycles. The van der Waals surface area contributed by atoms with E-state index in [-0.39, 0.29) is 0 Å². The molecule has 14 aromatic rings. The SMILES string of the molecule is c1ccc2c(c1)-c1cccc3c(-c4cc(-c5ccc6c7c(cccc57)-c5ccccc5-6)c5nc(-c6ccc(-c7ccnc8ccccc78)cc6)nc(-c6ccc(-c7ccnc8ccccc78)cc6)c5c4)ccc-2c13. The van der Waals surface area contributed by atoms with Gasteiger partial charge in [0.2, 0.25) is 0 Å². The molecule has 3 aromatic heterocycles. The highest BCUT2D eigenvalue weighted by Crippen LogP contribution is 2.53. The average molecular weight is 937 g/mol. The molecule has 0 N–H and O–H groups in total. The zero-order chi connectivity index (χ0) is 48.4. The monoisotopic (exact) mass is 936 g/mol. The van der Waals surface area contributed by atoms with Crippen LogP contribution in [0.5, 0.6) is 0 Å². The van der Waals surface area contributed by atoms with Crippen LogP contribution in [-0.4, -0.2) is 19.9 Å². The summed E-state index contributed by atoms with van der Waals surface area (Å²) >= 11 is 0. The van der Waals surface area contributed by atoms with E-state index in [1.54, 1.807) is 0 Å². The standard InChI is InChI=1S/C70H40N4/c1-3-13-51-49(11-1)57-18-9-17-56-46(31-33-60(51)66(56)57)45-39-62(53-32-34-61-52-14-4-2-12-50(52)58-19-10-20-59(53)67(58)61)69-63(40-45)68(43-27-23-41(24-28-43)47-35-37-71-64-21-7-5-15-54(47)64)73-70(74-69)44-29-25-42(26-30-44)48-36-38-72-65-22-8-6-16-55(48)65/h1-40H. The van der Waals surface area contributed by atoms with Crippen LogP contribution in [-0.2, 0) is 0 Å². The van der Waals surface area contributed by atoms with Crippen LogP contribution in [0.2, 0.25) is 0 Å². The van der Waals surface area contributed by atoms with Crippen molar-refractivity contribution in [2.45, 2.75) is 0 Å². The summed E-state index contributed by atoms with van der Waals surface area (Å²) in [6, 6.07) is 83.8. The minimum Gasteiger partial charge on any atom is -0.256 e. The number of pyridine rings is 2. The van der Waals surface area contributed by atoms with Crippen molar-refractivity contribution in [2.24, 2.45) is 0 Å². The summed E-state index contributed by atoms with van der Waals surface area (Å²) in [7, 11) is 0. The maximum atomic E-state index is 5.70. The number of aromatic nitrogens is 4. The molecule has 340 valence electrons. The molecule has 11 aromatic carbocycles.